The molecule has 14 rings (SSSR count). The first-order chi connectivity index (χ1) is 32.7. The maximum Gasteiger partial charge on any atom is 0.164 e. The molecule has 1 spiro atoms. The van der Waals surface area contributed by atoms with Crippen LogP contribution in [0.15, 0.2) is 231 Å². The Labute approximate surface area is 382 Å². The molecule has 1 aliphatic heterocycles. The molecule has 11 aromatic rings. The molecule has 2 heterocycles. The first-order valence-corrected chi connectivity index (χ1v) is 22.6. The van der Waals surface area contributed by atoms with E-state index in [9.17, 15) is 0 Å². The minimum atomic E-state index is -0.641. The van der Waals surface area contributed by atoms with E-state index in [0.717, 1.165) is 33.5 Å². The third-order valence-corrected chi connectivity index (χ3v) is 14.0. The predicted octanol–water partition coefficient (Wildman–Crippen LogP) is 15.5. The van der Waals surface area contributed by atoms with Gasteiger partial charge in [0.05, 0.1) is 16.8 Å². The van der Waals surface area contributed by atoms with Crippen molar-refractivity contribution in [2.45, 2.75) is 5.41 Å². The summed E-state index contributed by atoms with van der Waals surface area (Å²) in [6.45, 7) is 0. The highest BCUT2D eigenvalue weighted by Gasteiger charge is 2.53. The summed E-state index contributed by atoms with van der Waals surface area (Å²) in [5, 5.41) is 2.63. The number of fused-ring (bicyclic) bond motifs is 13. The van der Waals surface area contributed by atoms with E-state index in [1.807, 2.05) is 36.4 Å². The van der Waals surface area contributed by atoms with Gasteiger partial charge in [-0.25, -0.2) is 15.0 Å². The van der Waals surface area contributed by atoms with Crippen molar-refractivity contribution in [2.24, 2.45) is 0 Å². The van der Waals surface area contributed by atoms with E-state index < -0.39 is 5.41 Å². The van der Waals surface area contributed by atoms with Crippen molar-refractivity contribution in [1.29, 1.82) is 0 Å². The molecule has 0 N–H and O–H groups in total. The second-order valence-electron chi connectivity index (χ2n) is 17.5. The Balaban J connectivity index is 1.03. The number of para-hydroxylation sites is 3. The summed E-state index contributed by atoms with van der Waals surface area (Å²) < 4.78 is 0. The standard InChI is InChI=1S/C62H38N4/c1-4-18-39(19-5-1)59-63-60(40-20-6-2-7-21-40)65-61(64-59)43-23-16-22-41(36-43)42-34-35-48-53(37-42)62(54-38-50-46-27-11-10-26-45(46)47-28-17-29-49(57(47)50)58(48)54)51-30-12-14-32-55(51)66(44-24-8-3-9-25-44)56-33-15-13-31-52(56)62/h1-38H. The van der Waals surface area contributed by atoms with Gasteiger partial charge in [0.1, 0.15) is 0 Å². The second-order valence-corrected chi connectivity index (χ2v) is 17.5. The molecule has 4 heteroatoms. The largest absolute Gasteiger partial charge is 0.310 e. The molecule has 0 bridgehead atoms. The summed E-state index contributed by atoms with van der Waals surface area (Å²) in [5.41, 5.74) is 20.8. The lowest BCUT2D eigenvalue weighted by Crippen LogP contribution is -2.36. The molecule has 0 radical (unpaired) electrons. The number of rotatable bonds is 5. The van der Waals surface area contributed by atoms with Crippen LogP contribution in [0.25, 0.3) is 89.4 Å². The van der Waals surface area contributed by atoms with Crippen molar-refractivity contribution < 1.29 is 0 Å². The molecule has 0 unspecified atom stereocenters. The van der Waals surface area contributed by atoms with Gasteiger partial charge < -0.3 is 4.90 Å². The molecule has 0 saturated carbocycles. The number of nitrogens with zero attached hydrogens (tertiary/aromatic N) is 4. The fourth-order valence-corrected chi connectivity index (χ4v) is 11.3. The van der Waals surface area contributed by atoms with Gasteiger partial charge in [0.25, 0.3) is 0 Å². The molecule has 3 aliphatic rings. The van der Waals surface area contributed by atoms with Crippen molar-refractivity contribution in [2.75, 3.05) is 4.90 Å². The van der Waals surface area contributed by atoms with Gasteiger partial charge in [-0.05, 0) is 120 Å². The van der Waals surface area contributed by atoms with E-state index in [0.29, 0.717) is 17.5 Å². The monoisotopic (exact) mass is 838 g/mol. The number of hydrogen-bond acceptors (Lipinski definition) is 4. The molecule has 0 atom stereocenters. The molecule has 0 saturated heterocycles. The van der Waals surface area contributed by atoms with E-state index in [1.165, 1.54) is 77.8 Å². The summed E-state index contributed by atoms with van der Waals surface area (Å²) in [6, 6.07) is 83.6. The van der Waals surface area contributed by atoms with E-state index in [2.05, 4.69) is 199 Å². The van der Waals surface area contributed by atoms with Gasteiger partial charge in [0.15, 0.2) is 17.5 Å². The minimum absolute atomic E-state index is 0.635. The van der Waals surface area contributed by atoms with Crippen LogP contribution in [-0.2, 0) is 5.41 Å². The van der Waals surface area contributed by atoms with Crippen molar-refractivity contribution in [1.82, 2.24) is 15.0 Å². The van der Waals surface area contributed by atoms with Crippen LogP contribution in [0.4, 0.5) is 17.1 Å². The normalized spacial score (nSPS) is 13.2. The summed E-state index contributed by atoms with van der Waals surface area (Å²) in [4.78, 5) is 17.6. The smallest absolute Gasteiger partial charge is 0.164 e. The first-order valence-electron chi connectivity index (χ1n) is 22.6. The zero-order valence-electron chi connectivity index (χ0n) is 35.7. The molecule has 1 aromatic heterocycles. The van der Waals surface area contributed by atoms with Crippen LogP contribution in [0.2, 0.25) is 0 Å². The maximum absolute atomic E-state index is 5.11. The van der Waals surface area contributed by atoms with Crippen LogP contribution < -0.4 is 4.90 Å². The van der Waals surface area contributed by atoms with Gasteiger partial charge in [-0.1, -0.05) is 188 Å². The third-order valence-electron chi connectivity index (χ3n) is 14.0. The number of anilines is 3. The van der Waals surface area contributed by atoms with Gasteiger partial charge in [-0.3, -0.25) is 0 Å². The Morgan fingerprint density at radius 1 is 0.303 bits per heavy atom. The van der Waals surface area contributed by atoms with E-state index in [4.69, 9.17) is 15.0 Å². The molecule has 66 heavy (non-hydrogen) atoms. The zero-order chi connectivity index (χ0) is 43.3. The van der Waals surface area contributed by atoms with Gasteiger partial charge >= 0.3 is 0 Å². The number of aromatic nitrogens is 3. The van der Waals surface area contributed by atoms with Crippen LogP contribution >= 0.6 is 0 Å². The zero-order valence-corrected chi connectivity index (χ0v) is 35.7. The number of hydrogen-bond donors (Lipinski definition) is 0. The molecule has 0 fully saturated rings. The SMILES string of the molecule is c1ccc(-c2nc(-c3ccccc3)nc(-c3cccc(-c4ccc5c(c4)C4(c6ccccc6N(c6ccccc6)c6ccccc64)c4cc6c7c(cccc7c4-5)-c4ccccc4-6)c3)n2)cc1. The van der Waals surface area contributed by atoms with Crippen molar-refractivity contribution in [3.8, 4) is 78.7 Å². The van der Waals surface area contributed by atoms with Crippen molar-refractivity contribution in [3.63, 3.8) is 0 Å². The molecule has 0 amide bonds. The lowest BCUT2D eigenvalue weighted by atomic mass is 9.64. The quantitative estimate of drug-likeness (QED) is 0.173. The second kappa shape index (κ2) is 14.1. The van der Waals surface area contributed by atoms with Crippen LogP contribution in [0.1, 0.15) is 22.3 Å². The fraction of sp³-hybridized carbons (Fsp3) is 0.0161. The predicted molar refractivity (Wildman–Crippen MR) is 269 cm³/mol. The Morgan fingerprint density at radius 2 is 0.803 bits per heavy atom. The third kappa shape index (κ3) is 5.18. The van der Waals surface area contributed by atoms with Crippen LogP contribution in [0.5, 0.6) is 0 Å². The lowest BCUT2D eigenvalue weighted by molar-refractivity contribution is 0.753. The van der Waals surface area contributed by atoms with Gasteiger partial charge in [0.2, 0.25) is 0 Å². The highest BCUT2D eigenvalue weighted by molar-refractivity contribution is 6.21. The topological polar surface area (TPSA) is 41.9 Å². The van der Waals surface area contributed by atoms with Crippen LogP contribution in [0, 0.1) is 0 Å². The Hall–Kier alpha value is -8.73. The van der Waals surface area contributed by atoms with Crippen molar-refractivity contribution >= 4 is 27.8 Å². The summed E-state index contributed by atoms with van der Waals surface area (Å²) in [5.74, 6) is 1.92. The average Bonchev–Trinajstić information content (AvgIpc) is 3.88. The lowest BCUT2D eigenvalue weighted by Gasteiger charge is -2.45. The molecule has 4 nitrogen and oxygen atoms in total. The highest BCUT2D eigenvalue weighted by Crippen LogP contribution is 2.66. The average molecular weight is 839 g/mol. The molecular weight excluding hydrogens is 801 g/mol. The Morgan fingerprint density at radius 3 is 1.47 bits per heavy atom. The number of benzene rings is 10. The minimum Gasteiger partial charge on any atom is -0.310 e. The van der Waals surface area contributed by atoms with Gasteiger partial charge in [0, 0.05) is 22.4 Å². The van der Waals surface area contributed by atoms with E-state index in [1.54, 1.807) is 0 Å². The highest BCUT2D eigenvalue weighted by atomic mass is 15.2. The maximum atomic E-state index is 5.11. The van der Waals surface area contributed by atoms with E-state index >= 15 is 0 Å². The van der Waals surface area contributed by atoms with E-state index in [-0.39, 0.29) is 0 Å². The summed E-state index contributed by atoms with van der Waals surface area (Å²) >= 11 is 0. The Kier molecular flexibility index (Phi) is 7.87. The van der Waals surface area contributed by atoms with Gasteiger partial charge in [-0.15, -0.1) is 0 Å². The fourth-order valence-electron chi connectivity index (χ4n) is 11.3. The molecular formula is C62H38N4. The van der Waals surface area contributed by atoms with Crippen LogP contribution in [0.3, 0.4) is 0 Å². The molecule has 10 aromatic carbocycles. The first kappa shape index (κ1) is 36.7. The van der Waals surface area contributed by atoms with Gasteiger partial charge in [-0.2, -0.15) is 0 Å². The molecule has 2 aliphatic carbocycles. The summed E-state index contributed by atoms with van der Waals surface area (Å²) in [7, 11) is 0. The Bertz CT molecular complexity index is 3660. The molecule has 306 valence electrons. The summed E-state index contributed by atoms with van der Waals surface area (Å²) in [6.07, 6.45) is 0. The van der Waals surface area contributed by atoms with Crippen LogP contribution in [-0.4, -0.2) is 15.0 Å². The van der Waals surface area contributed by atoms with Crippen molar-refractivity contribution in [3.05, 3.63) is 253 Å².